The fourth-order valence-electron chi connectivity index (χ4n) is 1.86. The molecule has 16 heavy (non-hydrogen) atoms. The van der Waals surface area contributed by atoms with E-state index in [1.165, 1.54) is 0 Å². The van der Waals surface area contributed by atoms with E-state index in [9.17, 15) is 8.78 Å². The van der Waals surface area contributed by atoms with Crippen LogP contribution in [-0.2, 0) is 6.54 Å². The van der Waals surface area contributed by atoms with Crippen LogP contribution in [0, 0.1) is 0 Å². The van der Waals surface area contributed by atoms with Gasteiger partial charge in [0, 0.05) is 18.3 Å². The van der Waals surface area contributed by atoms with Crippen molar-refractivity contribution in [2.45, 2.75) is 31.9 Å². The van der Waals surface area contributed by atoms with E-state index >= 15 is 0 Å². The zero-order chi connectivity index (χ0) is 11.5. The van der Waals surface area contributed by atoms with Crippen LogP contribution in [-0.4, -0.2) is 23.9 Å². The van der Waals surface area contributed by atoms with Gasteiger partial charge in [0.2, 0.25) is 0 Å². The van der Waals surface area contributed by atoms with E-state index in [1.807, 2.05) is 29.2 Å². The highest BCUT2D eigenvalue weighted by Gasteiger charge is 2.30. The van der Waals surface area contributed by atoms with Crippen molar-refractivity contribution < 1.29 is 8.78 Å². The highest BCUT2D eigenvalue weighted by molar-refractivity contribution is 5.46. The fraction of sp³-hybridized carbons (Fsp3) is 0.500. The number of para-hydroxylation sites is 1. The number of rotatable bonds is 5. The van der Waals surface area contributed by atoms with Crippen LogP contribution in [0.5, 0.6) is 0 Å². The molecule has 0 heterocycles. The Labute approximate surface area is 94.0 Å². The molecule has 0 aromatic heterocycles. The van der Waals surface area contributed by atoms with Crippen LogP contribution in [0.3, 0.4) is 0 Å². The lowest BCUT2D eigenvalue weighted by Crippen LogP contribution is -2.30. The number of hydrogen-bond donors (Lipinski definition) is 1. The Hall–Kier alpha value is -1.16. The SMILES string of the molecule is Nc1ccccc1CN(CC(F)F)C1CC1. The monoisotopic (exact) mass is 226 g/mol. The van der Waals surface area contributed by atoms with Gasteiger partial charge in [0.05, 0.1) is 6.54 Å². The number of nitrogens with two attached hydrogens (primary N) is 1. The smallest absolute Gasteiger partial charge is 0.251 e. The van der Waals surface area contributed by atoms with Crippen LogP contribution >= 0.6 is 0 Å². The molecule has 4 heteroatoms. The minimum Gasteiger partial charge on any atom is -0.398 e. The molecule has 0 unspecified atom stereocenters. The van der Waals surface area contributed by atoms with Gasteiger partial charge in [-0.3, -0.25) is 4.90 Å². The van der Waals surface area contributed by atoms with Crippen molar-refractivity contribution in [1.82, 2.24) is 4.90 Å². The molecule has 2 N–H and O–H groups in total. The topological polar surface area (TPSA) is 29.3 Å². The van der Waals surface area contributed by atoms with Crippen LogP contribution in [0.15, 0.2) is 24.3 Å². The van der Waals surface area contributed by atoms with Crippen molar-refractivity contribution in [2.24, 2.45) is 0 Å². The average molecular weight is 226 g/mol. The van der Waals surface area contributed by atoms with E-state index < -0.39 is 6.43 Å². The number of alkyl halides is 2. The average Bonchev–Trinajstić information content (AvgIpc) is 3.03. The first-order chi connectivity index (χ1) is 7.66. The predicted molar refractivity (Wildman–Crippen MR) is 60.3 cm³/mol. The van der Waals surface area contributed by atoms with Crippen LogP contribution in [0.25, 0.3) is 0 Å². The lowest BCUT2D eigenvalue weighted by atomic mass is 10.1. The van der Waals surface area contributed by atoms with Crippen LogP contribution in [0.2, 0.25) is 0 Å². The van der Waals surface area contributed by atoms with Crippen molar-refractivity contribution in [2.75, 3.05) is 12.3 Å². The van der Waals surface area contributed by atoms with Crippen LogP contribution in [0.4, 0.5) is 14.5 Å². The van der Waals surface area contributed by atoms with Crippen LogP contribution in [0.1, 0.15) is 18.4 Å². The second-order valence-corrected chi connectivity index (χ2v) is 4.25. The molecule has 1 aromatic carbocycles. The summed E-state index contributed by atoms with van der Waals surface area (Å²) in [7, 11) is 0. The van der Waals surface area contributed by atoms with Gasteiger partial charge in [0.1, 0.15) is 0 Å². The van der Waals surface area contributed by atoms with Crippen molar-refractivity contribution in [3.63, 3.8) is 0 Å². The van der Waals surface area contributed by atoms with Crippen molar-refractivity contribution >= 4 is 5.69 Å². The fourth-order valence-corrected chi connectivity index (χ4v) is 1.86. The molecule has 88 valence electrons. The van der Waals surface area contributed by atoms with E-state index in [0.29, 0.717) is 18.3 Å². The molecule has 0 atom stereocenters. The minimum atomic E-state index is -2.27. The Morgan fingerprint density at radius 1 is 1.31 bits per heavy atom. The second-order valence-electron chi connectivity index (χ2n) is 4.25. The lowest BCUT2D eigenvalue weighted by molar-refractivity contribution is 0.0807. The zero-order valence-corrected chi connectivity index (χ0v) is 9.07. The number of nitrogen functional groups attached to an aromatic ring is 1. The standard InChI is InChI=1S/C12H16F2N2/c13-12(14)8-16(10-5-6-10)7-9-3-1-2-4-11(9)15/h1-4,10,12H,5-8,15H2. The molecule has 1 aliphatic carbocycles. The summed E-state index contributed by atoms with van der Waals surface area (Å²) in [6.07, 6.45) is -0.218. The van der Waals surface area contributed by atoms with Crippen molar-refractivity contribution in [3.05, 3.63) is 29.8 Å². The Bertz CT molecular complexity index is 351. The maximum absolute atomic E-state index is 12.4. The third kappa shape index (κ3) is 2.92. The minimum absolute atomic E-state index is 0.154. The highest BCUT2D eigenvalue weighted by atomic mass is 19.3. The Morgan fingerprint density at radius 2 is 2.00 bits per heavy atom. The van der Waals surface area contributed by atoms with Crippen molar-refractivity contribution in [1.29, 1.82) is 0 Å². The molecule has 2 nitrogen and oxygen atoms in total. The summed E-state index contributed by atoms with van der Waals surface area (Å²) >= 11 is 0. The molecule has 0 bridgehead atoms. The van der Waals surface area contributed by atoms with Gasteiger partial charge in [-0.2, -0.15) is 0 Å². The van der Waals surface area contributed by atoms with Gasteiger partial charge in [0.25, 0.3) is 6.43 Å². The van der Waals surface area contributed by atoms with Gasteiger partial charge in [-0.25, -0.2) is 8.78 Å². The zero-order valence-electron chi connectivity index (χ0n) is 9.07. The molecule has 0 radical (unpaired) electrons. The highest BCUT2D eigenvalue weighted by Crippen LogP contribution is 2.29. The first kappa shape index (κ1) is 11.3. The Kier molecular flexibility index (Phi) is 3.39. The second kappa shape index (κ2) is 4.78. The first-order valence-corrected chi connectivity index (χ1v) is 5.52. The summed E-state index contributed by atoms with van der Waals surface area (Å²) in [5.41, 5.74) is 7.43. The summed E-state index contributed by atoms with van der Waals surface area (Å²) in [6, 6.07) is 7.78. The molecule has 0 aliphatic heterocycles. The number of anilines is 1. The van der Waals surface area contributed by atoms with E-state index in [4.69, 9.17) is 5.73 Å². The van der Waals surface area contributed by atoms with E-state index in [1.54, 1.807) is 0 Å². The summed E-state index contributed by atoms with van der Waals surface area (Å²) in [5.74, 6) is 0. The maximum Gasteiger partial charge on any atom is 0.251 e. The number of halogens is 2. The van der Waals surface area contributed by atoms with Gasteiger partial charge in [0.15, 0.2) is 0 Å². The molecule has 0 saturated heterocycles. The normalized spacial score (nSPS) is 16.0. The molecule has 1 fully saturated rings. The summed E-state index contributed by atoms with van der Waals surface area (Å²) in [5, 5.41) is 0. The summed E-state index contributed by atoms with van der Waals surface area (Å²) in [6.45, 7) is 0.376. The molecular formula is C12H16F2N2. The molecular weight excluding hydrogens is 210 g/mol. The number of hydrogen-bond acceptors (Lipinski definition) is 2. The summed E-state index contributed by atoms with van der Waals surface area (Å²) in [4.78, 5) is 1.83. The number of nitrogens with zero attached hydrogens (tertiary/aromatic N) is 1. The van der Waals surface area contributed by atoms with Gasteiger partial charge in [-0.1, -0.05) is 18.2 Å². The van der Waals surface area contributed by atoms with Gasteiger partial charge < -0.3 is 5.73 Å². The predicted octanol–water partition coefficient (Wildman–Crippen LogP) is 2.50. The largest absolute Gasteiger partial charge is 0.398 e. The maximum atomic E-state index is 12.4. The van der Waals surface area contributed by atoms with E-state index in [0.717, 1.165) is 18.4 Å². The molecule has 0 amide bonds. The first-order valence-electron chi connectivity index (χ1n) is 5.52. The number of benzene rings is 1. The molecule has 2 rings (SSSR count). The molecule has 1 aromatic rings. The van der Waals surface area contributed by atoms with Gasteiger partial charge in [-0.15, -0.1) is 0 Å². The van der Waals surface area contributed by atoms with Crippen molar-refractivity contribution in [3.8, 4) is 0 Å². The molecule has 0 spiro atoms. The quantitative estimate of drug-likeness (QED) is 0.782. The lowest BCUT2D eigenvalue weighted by Gasteiger charge is -2.22. The Morgan fingerprint density at radius 3 is 2.56 bits per heavy atom. The molecule has 1 saturated carbocycles. The Balaban J connectivity index is 2.02. The van der Waals surface area contributed by atoms with Crippen LogP contribution < -0.4 is 5.73 Å². The van der Waals surface area contributed by atoms with Gasteiger partial charge in [-0.05, 0) is 24.5 Å². The molecule has 1 aliphatic rings. The van der Waals surface area contributed by atoms with Gasteiger partial charge >= 0.3 is 0 Å². The summed E-state index contributed by atoms with van der Waals surface area (Å²) < 4.78 is 24.8. The van der Waals surface area contributed by atoms with E-state index in [2.05, 4.69) is 0 Å². The third-order valence-electron chi connectivity index (χ3n) is 2.86. The van der Waals surface area contributed by atoms with E-state index in [-0.39, 0.29) is 6.54 Å². The third-order valence-corrected chi connectivity index (χ3v) is 2.86.